The van der Waals surface area contributed by atoms with E-state index in [4.69, 9.17) is 19.9 Å². The maximum Gasteiger partial charge on any atom is 0.337 e. The van der Waals surface area contributed by atoms with Crippen LogP contribution in [0, 0.1) is 11.3 Å². The normalized spacial score (nSPS) is 15.0. The predicted octanol–water partition coefficient (Wildman–Crippen LogP) is 3.92. The van der Waals surface area contributed by atoms with Crippen LogP contribution in [0.15, 0.2) is 83.1 Å². The van der Waals surface area contributed by atoms with Gasteiger partial charge in [0.15, 0.2) is 11.5 Å². The van der Waals surface area contributed by atoms with Gasteiger partial charge in [-0.3, -0.25) is 4.79 Å². The van der Waals surface area contributed by atoms with Crippen LogP contribution < -0.4 is 20.5 Å². The van der Waals surface area contributed by atoms with Gasteiger partial charge in [0, 0.05) is 5.70 Å². The minimum absolute atomic E-state index is 0.0206. The van der Waals surface area contributed by atoms with Gasteiger partial charge in [-0.05, 0) is 30.2 Å². The first-order valence-corrected chi connectivity index (χ1v) is 12.0. The molecule has 1 atom stereocenters. The molecule has 36 heavy (non-hydrogen) atoms. The molecule has 0 aromatic heterocycles. The van der Waals surface area contributed by atoms with E-state index < -0.39 is 17.8 Å². The molecule has 0 saturated carbocycles. The molecule has 3 rings (SSSR count). The van der Waals surface area contributed by atoms with E-state index in [9.17, 15) is 14.9 Å². The molecular formula is C27H27N3O5S. The number of dihydropyridines is 1. The zero-order valence-corrected chi connectivity index (χ0v) is 20.9. The van der Waals surface area contributed by atoms with E-state index in [0.717, 1.165) is 17.3 Å². The fourth-order valence-electron chi connectivity index (χ4n) is 3.70. The molecule has 2 aromatic carbocycles. The van der Waals surface area contributed by atoms with Crippen LogP contribution in [0.2, 0.25) is 0 Å². The molecular weight excluding hydrogens is 478 g/mol. The standard InChI is InChI=1S/C27H27N3O5S/c1-4-12-34-27(32)24-17(2)30-26(36-16-23(29)31)20(14-28)25(24)19-10-11-21(22(13-19)33-3)35-15-18-8-6-5-7-9-18/h4-11,13,25,30H,1,12,15-16H2,2-3H3,(H2,29,31)/t25-/m1/s1. The quantitative estimate of drug-likeness (QED) is 0.348. The highest BCUT2D eigenvalue weighted by Crippen LogP contribution is 2.43. The molecule has 0 unspecified atom stereocenters. The van der Waals surface area contributed by atoms with Crippen molar-refractivity contribution in [1.82, 2.24) is 5.32 Å². The van der Waals surface area contributed by atoms with Crippen molar-refractivity contribution in [3.8, 4) is 17.6 Å². The molecule has 0 radical (unpaired) electrons. The number of hydrogen-bond acceptors (Lipinski definition) is 8. The third-order valence-corrected chi connectivity index (χ3v) is 6.36. The molecule has 8 nitrogen and oxygen atoms in total. The monoisotopic (exact) mass is 505 g/mol. The van der Waals surface area contributed by atoms with Gasteiger partial charge < -0.3 is 25.3 Å². The van der Waals surface area contributed by atoms with Gasteiger partial charge in [-0.25, -0.2) is 4.79 Å². The Bertz CT molecular complexity index is 1250. The van der Waals surface area contributed by atoms with Crippen molar-refractivity contribution >= 4 is 23.6 Å². The van der Waals surface area contributed by atoms with Crippen molar-refractivity contribution in [3.63, 3.8) is 0 Å². The molecule has 0 aliphatic carbocycles. The van der Waals surface area contributed by atoms with Crippen LogP contribution in [0.1, 0.15) is 24.0 Å². The smallest absolute Gasteiger partial charge is 0.337 e. The van der Waals surface area contributed by atoms with E-state index >= 15 is 0 Å². The Hall–Kier alpha value is -4.16. The molecule has 0 saturated heterocycles. The molecule has 1 amide bonds. The molecule has 2 aromatic rings. The summed E-state index contributed by atoms with van der Waals surface area (Å²) < 4.78 is 16.9. The summed E-state index contributed by atoms with van der Waals surface area (Å²) in [6.45, 7) is 5.66. The molecule has 0 bridgehead atoms. The topological polar surface area (TPSA) is 124 Å². The largest absolute Gasteiger partial charge is 0.493 e. The van der Waals surface area contributed by atoms with Gasteiger partial charge in [-0.1, -0.05) is 60.8 Å². The number of esters is 1. The summed E-state index contributed by atoms with van der Waals surface area (Å²) in [7, 11) is 1.52. The number of nitriles is 1. The second-order valence-electron chi connectivity index (χ2n) is 7.78. The highest BCUT2D eigenvalue weighted by molar-refractivity contribution is 8.03. The molecule has 3 N–H and O–H groups in total. The van der Waals surface area contributed by atoms with Gasteiger partial charge in [-0.2, -0.15) is 5.26 Å². The minimum atomic E-state index is -0.763. The summed E-state index contributed by atoms with van der Waals surface area (Å²) in [5, 5.41) is 13.6. The van der Waals surface area contributed by atoms with Gasteiger partial charge >= 0.3 is 5.97 Å². The van der Waals surface area contributed by atoms with E-state index in [1.807, 2.05) is 30.3 Å². The van der Waals surface area contributed by atoms with E-state index in [-0.39, 0.29) is 23.5 Å². The number of benzene rings is 2. The SMILES string of the molecule is C=CCOC(=O)C1=C(C)NC(SCC(N)=O)=C(C#N)[C@H]1c1ccc(OCc2ccccc2)c(OC)c1. The number of carbonyl (C=O) groups is 2. The molecule has 1 heterocycles. The lowest BCUT2D eigenvalue weighted by atomic mass is 9.82. The number of nitrogens with zero attached hydrogens (tertiary/aromatic N) is 1. The Kier molecular flexibility index (Phi) is 9.19. The Labute approximate surface area is 214 Å². The van der Waals surface area contributed by atoms with E-state index in [1.54, 1.807) is 25.1 Å². The van der Waals surface area contributed by atoms with E-state index in [0.29, 0.717) is 34.4 Å². The van der Waals surface area contributed by atoms with Crippen molar-refractivity contribution in [2.24, 2.45) is 5.73 Å². The number of allylic oxidation sites excluding steroid dienone is 2. The van der Waals surface area contributed by atoms with Crippen molar-refractivity contribution in [1.29, 1.82) is 5.26 Å². The van der Waals surface area contributed by atoms with Crippen molar-refractivity contribution in [3.05, 3.63) is 94.2 Å². The zero-order valence-electron chi connectivity index (χ0n) is 20.1. The van der Waals surface area contributed by atoms with Crippen molar-refractivity contribution in [2.45, 2.75) is 19.4 Å². The first-order valence-electron chi connectivity index (χ1n) is 11.0. The van der Waals surface area contributed by atoms with E-state index in [2.05, 4.69) is 18.0 Å². The number of methoxy groups -OCH3 is 1. The van der Waals surface area contributed by atoms with E-state index in [1.165, 1.54) is 13.2 Å². The first-order chi connectivity index (χ1) is 17.4. The van der Waals surface area contributed by atoms with Gasteiger partial charge in [0.1, 0.15) is 13.2 Å². The predicted molar refractivity (Wildman–Crippen MR) is 138 cm³/mol. The molecule has 186 valence electrons. The summed E-state index contributed by atoms with van der Waals surface area (Å²) in [5.74, 6) is -0.939. The summed E-state index contributed by atoms with van der Waals surface area (Å²) >= 11 is 1.10. The first kappa shape index (κ1) is 26.4. The van der Waals surface area contributed by atoms with Crippen LogP contribution in [0.25, 0.3) is 0 Å². The van der Waals surface area contributed by atoms with Crippen LogP contribution in [0.3, 0.4) is 0 Å². The zero-order chi connectivity index (χ0) is 26.1. The van der Waals surface area contributed by atoms with Gasteiger partial charge in [-0.15, -0.1) is 0 Å². The molecule has 0 spiro atoms. The second-order valence-corrected chi connectivity index (χ2v) is 8.76. The average Bonchev–Trinajstić information content (AvgIpc) is 2.89. The van der Waals surface area contributed by atoms with Crippen LogP contribution in [0.5, 0.6) is 11.5 Å². The lowest BCUT2D eigenvalue weighted by molar-refractivity contribution is -0.138. The second kappa shape index (κ2) is 12.5. The van der Waals surface area contributed by atoms with Crippen LogP contribution >= 0.6 is 11.8 Å². The fraction of sp³-hybridized carbons (Fsp3) is 0.222. The Morgan fingerprint density at radius 1 is 1.22 bits per heavy atom. The van der Waals surface area contributed by atoms with Gasteiger partial charge in [0.2, 0.25) is 5.91 Å². The lowest BCUT2D eigenvalue weighted by Crippen LogP contribution is -2.29. The van der Waals surface area contributed by atoms with Crippen LogP contribution in [0.4, 0.5) is 0 Å². The molecule has 9 heteroatoms. The average molecular weight is 506 g/mol. The third-order valence-electron chi connectivity index (χ3n) is 5.32. The van der Waals surface area contributed by atoms with Crippen LogP contribution in [-0.4, -0.2) is 31.3 Å². The number of amides is 1. The minimum Gasteiger partial charge on any atom is -0.493 e. The highest BCUT2D eigenvalue weighted by atomic mass is 32.2. The number of carbonyl (C=O) groups excluding carboxylic acids is 2. The summed E-state index contributed by atoms with van der Waals surface area (Å²) in [4.78, 5) is 24.4. The number of hydrogen-bond donors (Lipinski definition) is 2. The Morgan fingerprint density at radius 3 is 2.61 bits per heavy atom. The number of rotatable bonds is 11. The van der Waals surface area contributed by atoms with Crippen molar-refractivity contribution < 1.29 is 23.8 Å². The fourth-order valence-corrected chi connectivity index (χ4v) is 4.54. The third kappa shape index (κ3) is 6.29. The Morgan fingerprint density at radius 2 is 1.97 bits per heavy atom. The highest BCUT2D eigenvalue weighted by Gasteiger charge is 2.36. The maximum atomic E-state index is 13.0. The van der Waals surface area contributed by atoms with Gasteiger partial charge in [0.05, 0.1) is 41.0 Å². The van der Waals surface area contributed by atoms with Gasteiger partial charge in [0.25, 0.3) is 0 Å². The molecule has 0 fully saturated rings. The summed E-state index contributed by atoms with van der Waals surface area (Å²) in [6, 6.07) is 17.2. The maximum absolute atomic E-state index is 13.0. The number of ether oxygens (including phenoxy) is 3. The number of primary amides is 1. The number of nitrogens with one attached hydrogen (secondary N) is 1. The summed E-state index contributed by atoms with van der Waals surface area (Å²) in [5.41, 5.74) is 7.98. The van der Waals surface area contributed by atoms with Crippen LogP contribution in [-0.2, 0) is 20.9 Å². The molecule has 1 aliphatic heterocycles. The van der Waals surface area contributed by atoms with Crippen molar-refractivity contribution in [2.75, 3.05) is 19.5 Å². The molecule has 1 aliphatic rings. The summed E-state index contributed by atoms with van der Waals surface area (Å²) in [6.07, 6.45) is 1.47. The number of thioether (sulfide) groups is 1. The lowest BCUT2D eigenvalue weighted by Gasteiger charge is -2.29. The Balaban J connectivity index is 2.03. The number of nitrogens with two attached hydrogens (primary N) is 1.